The summed E-state index contributed by atoms with van der Waals surface area (Å²) in [5.74, 6) is 0.0799. The van der Waals surface area contributed by atoms with Gasteiger partial charge in [-0.25, -0.2) is 13.8 Å². The molecule has 2 heterocycles. The molecule has 24 heavy (non-hydrogen) atoms. The SMILES string of the molecule is O=C(CCc1cccc(C(F)F)c1)N1CCN(c2nccs2)CC1. The van der Waals surface area contributed by atoms with Gasteiger partial charge in [0.1, 0.15) is 0 Å². The molecular weight excluding hydrogens is 332 g/mol. The first kappa shape index (κ1) is 16.8. The molecule has 1 aliphatic heterocycles. The summed E-state index contributed by atoms with van der Waals surface area (Å²) < 4.78 is 25.4. The second-order valence-electron chi connectivity index (χ2n) is 5.73. The van der Waals surface area contributed by atoms with Crippen molar-refractivity contribution in [1.82, 2.24) is 9.88 Å². The van der Waals surface area contributed by atoms with Crippen LogP contribution >= 0.6 is 11.3 Å². The Hall–Kier alpha value is -2.02. The standard InChI is InChI=1S/C17H19F2N3OS/c18-16(19)14-3-1-2-13(12-14)4-5-15(23)21-7-9-22(10-8-21)17-20-6-11-24-17/h1-3,6,11-12,16H,4-5,7-10H2. The Bertz CT molecular complexity index is 670. The number of aromatic nitrogens is 1. The van der Waals surface area contributed by atoms with Gasteiger partial charge >= 0.3 is 0 Å². The molecular formula is C17H19F2N3OS. The maximum atomic E-state index is 12.7. The summed E-state index contributed by atoms with van der Waals surface area (Å²) in [6.45, 7) is 2.91. The first-order valence-electron chi connectivity index (χ1n) is 7.92. The number of thiazole rings is 1. The lowest BCUT2D eigenvalue weighted by atomic mass is 10.1. The van der Waals surface area contributed by atoms with Gasteiger partial charge in [-0.15, -0.1) is 11.3 Å². The number of amides is 1. The maximum absolute atomic E-state index is 12.7. The number of benzene rings is 1. The average Bonchev–Trinajstić information content (AvgIpc) is 3.14. The first-order valence-corrected chi connectivity index (χ1v) is 8.80. The van der Waals surface area contributed by atoms with Crippen molar-refractivity contribution in [1.29, 1.82) is 0 Å². The quantitative estimate of drug-likeness (QED) is 0.829. The van der Waals surface area contributed by atoms with E-state index in [0.29, 0.717) is 25.9 Å². The number of nitrogens with zero attached hydrogens (tertiary/aromatic N) is 3. The Morgan fingerprint density at radius 3 is 2.71 bits per heavy atom. The van der Waals surface area contributed by atoms with Crippen LogP contribution < -0.4 is 4.90 Å². The second-order valence-corrected chi connectivity index (χ2v) is 6.60. The molecule has 4 nitrogen and oxygen atoms in total. The number of hydrogen-bond donors (Lipinski definition) is 0. The summed E-state index contributed by atoms with van der Waals surface area (Å²) >= 11 is 1.60. The van der Waals surface area contributed by atoms with Gasteiger partial charge in [-0.05, 0) is 12.0 Å². The van der Waals surface area contributed by atoms with Crippen LogP contribution in [0, 0.1) is 0 Å². The molecule has 0 atom stereocenters. The number of carbonyl (C=O) groups is 1. The normalized spacial score (nSPS) is 15.1. The zero-order chi connectivity index (χ0) is 16.9. The van der Waals surface area contributed by atoms with Crippen molar-refractivity contribution in [3.8, 4) is 0 Å². The van der Waals surface area contributed by atoms with E-state index in [1.54, 1.807) is 29.7 Å². The van der Waals surface area contributed by atoms with Crippen molar-refractivity contribution in [2.75, 3.05) is 31.1 Å². The van der Waals surface area contributed by atoms with E-state index in [2.05, 4.69) is 9.88 Å². The van der Waals surface area contributed by atoms with Crippen molar-refractivity contribution >= 4 is 22.4 Å². The number of piperazine rings is 1. The van der Waals surface area contributed by atoms with E-state index in [9.17, 15) is 13.6 Å². The summed E-state index contributed by atoms with van der Waals surface area (Å²) in [6, 6.07) is 6.31. The van der Waals surface area contributed by atoms with Crippen molar-refractivity contribution in [2.24, 2.45) is 0 Å². The number of alkyl halides is 2. The minimum atomic E-state index is -2.47. The van der Waals surface area contributed by atoms with Crippen LogP contribution in [0.5, 0.6) is 0 Å². The third-order valence-electron chi connectivity index (χ3n) is 4.15. The van der Waals surface area contributed by atoms with E-state index in [1.807, 2.05) is 10.3 Å². The van der Waals surface area contributed by atoms with E-state index >= 15 is 0 Å². The monoisotopic (exact) mass is 351 g/mol. The Labute approximate surface area is 143 Å². The maximum Gasteiger partial charge on any atom is 0.263 e. The molecule has 7 heteroatoms. The average molecular weight is 351 g/mol. The largest absolute Gasteiger partial charge is 0.345 e. The molecule has 0 N–H and O–H groups in total. The zero-order valence-corrected chi connectivity index (χ0v) is 14.0. The number of hydrogen-bond acceptors (Lipinski definition) is 4. The number of rotatable bonds is 5. The molecule has 0 aliphatic carbocycles. The zero-order valence-electron chi connectivity index (χ0n) is 13.2. The molecule has 128 valence electrons. The van der Waals surface area contributed by atoms with Crippen molar-refractivity contribution < 1.29 is 13.6 Å². The predicted octanol–water partition coefficient (Wildman–Crippen LogP) is 3.36. The lowest BCUT2D eigenvalue weighted by Crippen LogP contribution is -2.48. The van der Waals surface area contributed by atoms with Crippen molar-refractivity contribution in [3.63, 3.8) is 0 Å². The lowest BCUT2D eigenvalue weighted by Gasteiger charge is -2.34. The summed E-state index contributed by atoms with van der Waals surface area (Å²) in [6.07, 6.45) is 0.153. The van der Waals surface area contributed by atoms with Crippen LogP contribution in [0.25, 0.3) is 0 Å². The second kappa shape index (κ2) is 7.70. The van der Waals surface area contributed by atoms with Crippen LogP contribution in [-0.4, -0.2) is 42.0 Å². The van der Waals surface area contributed by atoms with Crippen LogP contribution in [0.4, 0.5) is 13.9 Å². The Morgan fingerprint density at radius 2 is 2.04 bits per heavy atom. The molecule has 1 saturated heterocycles. The van der Waals surface area contributed by atoms with Crippen molar-refractivity contribution in [2.45, 2.75) is 19.3 Å². The molecule has 0 saturated carbocycles. The number of carbonyl (C=O) groups excluding carboxylic acids is 1. The van der Waals surface area contributed by atoms with E-state index in [4.69, 9.17) is 0 Å². The third kappa shape index (κ3) is 4.08. The van der Waals surface area contributed by atoms with Gasteiger partial charge in [0.2, 0.25) is 5.91 Å². The topological polar surface area (TPSA) is 36.4 Å². The Balaban J connectivity index is 1.48. The van der Waals surface area contributed by atoms with Gasteiger partial charge in [-0.1, -0.05) is 24.3 Å². The fourth-order valence-corrected chi connectivity index (χ4v) is 3.51. The Kier molecular flexibility index (Phi) is 5.40. The van der Waals surface area contributed by atoms with Gasteiger partial charge < -0.3 is 9.80 Å². The molecule has 0 radical (unpaired) electrons. The highest BCUT2D eigenvalue weighted by Gasteiger charge is 2.22. The van der Waals surface area contributed by atoms with E-state index in [0.717, 1.165) is 23.8 Å². The fourth-order valence-electron chi connectivity index (χ4n) is 2.81. The molecule has 1 amide bonds. The molecule has 2 aromatic rings. The summed E-state index contributed by atoms with van der Waals surface area (Å²) in [7, 11) is 0. The highest BCUT2D eigenvalue weighted by atomic mass is 32.1. The first-order chi connectivity index (χ1) is 11.6. The summed E-state index contributed by atoms with van der Waals surface area (Å²) in [4.78, 5) is 20.6. The van der Waals surface area contributed by atoms with Gasteiger partial charge in [0, 0.05) is 49.7 Å². The van der Waals surface area contributed by atoms with Crippen LogP contribution in [0.15, 0.2) is 35.8 Å². The molecule has 1 aromatic heterocycles. The summed E-state index contributed by atoms with van der Waals surface area (Å²) in [5, 5.41) is 2.94. The molecule has 1 aliphatic rings. The molecule has 1 aromatic carbocycles. The number of anilines is 1. The van der Waals surface area contributed by atoms with E-state index in [1.165, 1.54) is 12.1 Å². The highest BCUT2D eigenvalue weighted by molar-refractivity contribution is 7.13. The molecule has 1 fully saturated rings. The lowest BCUT2D eigenvalue weighted by molar-refractivity contribution is -0.131. The van der Waals surface area contributed by atoms with Crippen LogP contribution in [0.3, 0.4) is 0 Å². The predicted molar refractivity (Wildman–Crippen MR) is 90.6 cm³/mol. The molecule has 0 spiro atoms. The molecule has 0 unspecified atom stereocenters. The Morgan fingerprint density at radius 1 is 1.25 bits per heavy atom. The molecule has 0 bridgehead atoms. The van der Waals surface area contributed by atoms with Crippen LogP contribution in [-0.2, 0) is 11.2 Å². The number of aryl methyl sites for hydroxylation is 1. The van der Waals surface area contributed by atoms with Crippen molar-refractivity contribution in [3.05, 3.63) is 47.0 Å². The van der Waals surface area contributed by atoms with Gasteiger partial charge in [-0.3, -0.25) is 4.79 Å². The minimum Gasteiger partial charge on any atom is -0.345 e. The number of halogens is 2. The van der Waals surface area contributed by atoms with Gasteiger partial charge in [0.15, 0.2) is 5.13 Å². The fraction of sp³-hybridized carbons (Fsp3) is 0.412. The minimum absolute atomic E-state index is 0.0111. The van der Waals surface area contributed by atoms with Gasteiger partial charge in [0.25, 0.3) is 6.43 Å². The van der Waals surface area contributed by atoms with E-state index < -0.39 is 6.43 Å². The van der Waals surface area contributed by atoms with Crippen LogP contribution in [0.2, 0.25) is 0 Å². The highest BCUT2D eigenvalue weighted by Crippen LogP contribution is 2.21. The van der Waals surface area contributed by atoms with E-state index in [-0.39, 0.29) is 11.5 Å². The third-order valence-corrected chi connectivity index (χ3v) is 4.98. The van der Waals surface area contributed by atoms with Gasteiger partial charge in [-0.2, -0.15) is 0 Å². The van der Waals surface area contributed by atoms with Gasteiger partial charge in [0.05, 0.1) is 0 Å². The van der Waals surface area contributed by atoms with Crippen LogP contribution in [0.1, 0.15) is 24.0 Å². The summed E-state index contributed by atoms with van der Waals surface area (Å²) in [5.41, 5.74) is 0.791. The molecule has 3 rings (SSSR count). The smallest absolute Gasteiger partial charge is 0.263 e.